The highest BCUT2D eigenvalue weighted by molar-refractivity contribution is 7.80. The summed E-state index contributed by atoms with van der Waals surface area (Å²) in [4.78, 5) is 25.5. The van der Waals surface area contributed by atoms with Crippen LogP contribution in [-0.4, -0.2) is 71.1 Å². The third kappa shape index (κ3) is 4.03. The van der Waals surface area contributed by atoms with Gasteiger partial charge in [-0.05, 0) is 79.4 Å². The van der Waals surface area contributed by atoms with Crippen LogP contribution in [0.2, 0.25) is 0 Å². The van der Waals surface area contributed by atoms with E-state index in [9.17, 15) is 9.00 Å². The Kier molecular flexibility index (Phi) is 6.14. The molecule has 3 aromatic rings. The zero-order chi connectivity index (χ0) is 30.5. The van der Waals surface area contributed by atoms with Crippen molar-refractivity contribution in [3.63, 3.8) is 0 Å². The second kappa shape index (κ2) is 9.68. The van der Waals surface area contributed by atoms with Crippen LogP contribution in [0.15, 0.2) is 47.6 Å². The number of amides is 1. The number of ether oxygens (including phenoxy) is 1. The molecule has 4 aliphatic heterocycles. The number of carbonyl (C=O) groups excluding carboxylic acids is 1. The molecule has 0 radical (unpaired) electrons. The van der Waals surface area contributed by atoms with Crippen molar-refractivity contribution >= 4 is 45.5 Å². The number of nitrogens with two attached hydrogens (primary N) is 1. The van der Waals surface area contributed by atoms with Crippen LogP contribution in [0.5, 0.6) is 0 Å². The van der Waals surface area contributed by atoms with E-state index < -0.39 is 15.7 Å². The van der Waals surface area contributed by atoms with Gasteiger partial charge in [-0.1, -0.05) is 18.2 Å². The zero-order valence-electron chi connectivity index (χ0n) is 25.7. The van der Waals surface area contributed by atoms with Crippen molar-refractivity contribution in [1.29, 1.82) is 0 Å². The van der Waals surface area contributed by atoms with Crippen molar-refractivity contribution in [2.24, 2.45) is 10.7 Å². The van der Waals surface area contributed by atoms with Gasteiger partial charge in [0.2, 0.25) is 16.5 Å². The number of hydrogen-bond donors (Lipinski definition) is 1. The summed E-state index contributed by atoms with van der Waals surface area (Å²) in [7, 11) is 0.697. The molecule has 5 aliphatic rings. The fraction of sp³-hybridized carbons (Fsp3) is 0.471. The first-order valence-electron chi connectivity index (χ1n) is 15.7. The quantitative estimate of drug-likeness (QED) is 0.336. The van der Waals surface area contributed by atoms with E-state index in [1.807, 2.05) is 67.2 Å². The van der Waals surface area contributed by atoms with Gasteiger partial charge in [0.1, 0.15) is 12.0 Å². The predicted octanol–water partition coefficient (Wildman–Crippen LogP) is 4.84. The van der Waals surface area contributed by atoms with Crippen molar-refractivity contribution in [3.05, 3.63) is 70.7 Å². The number of imidazole rings is 1. The molecule has 9 nitrogen and oxygen atoms in total. The van der Waals surface area contributed by atoms with Crippen molar-refractivity contribution in [1.82, 2.24) is 14.5 Å². The van der Waals surface area contributed by atoms with Gasteiger partial charge in [0.05, 0.1) is 41.1 Å². The second-order valence-corrected chi connectivity index (χ2v) is 15.9. The molecular weight excluding hydrogens is 572 g/mol. The first kappa shape index (κ1) is 27.9. The summed E-state index contributed by atoms with van der Waals surface area (Å²) in [5, 5.41) is 0. The summed E-state index contributed by atoms with van der Waals surface area (Å²) in [6.07, 6.45) is 8.14. The summed E-state index contributed by atoms with van der Waals surface area (Å²) in [5.74, 6) is 2.40. The minimum Gasteiger partial charge on any atom is -0.404 e. The lowest BCUT2D eigenvalue weighted by molar-refractivity contribution is -0.354. The third-order valence-corrected chi connectivity index (χ3v) is 12.0. The first-order valence-corrected chi connectivity index (χ1v) is 16.8. The number of rotatable bonds is 4. The number of nitrogens with zero attached hydrogens (tertiary/aromatic N) is 5. The van der Waals surface area contributed by atoms with E-state index in [0.717, 1.165) is 58.7 Å². The summed E-state index contributed by atoms with van der Waals surface area (Å²) in [6, 6.07) is 12.5. The Hall–Kier alpha value is -3.63. The predicted molar refractivity (Wildman–Crippen MR) is 172 cm³/mol. The molecular formula is C34H39N6O3S+. The fourth-order valence-corrected chi connectivity index (χ4v) is 8.98. The van der Waals surface area contributed by atoms with Gasteiger partial charge < -0.3 is 19.9 Å². The van der Waals surface area contributed by atoms with Crippen molar-refractivity contribution in [2.75, 3.05) is 20.3 Å². The Morgan fingerprint density at radius 2 is 1.95 bits per heavy atom. The number of hydrogen-bond acceptors (Lipinski definition) is 6. The highest BCUT2D eigenvalue weighted by atomic mass is 32.2. The molecule has 2 N–H and O–H groups in total. The van der Waals surface area contributed by atoms with Gasteiger partial charge in [0, 0.05) is 43.6 Å². The molecule has 1 aliphatic carbocycles. The Labute approximate surface area is 260 Å². The van der Waals surface area contributed by atoms with Crippen LogP contribution in [0.25, 0.3) is 16.6 Å². The van der Waals surface area contributed by atoms with Gasteiger partial charge >= 0.3 is 5.84 Å². The lowest BCUT2D eigenvalue weighted by atomic mass is 9.91. The van der Waals surface area contributed by atoms with E-state index in [0.29, 0.717) is 19.1 Å². The largest absolute Gasteiger partial charge is 0.404 e. The van der Waals surface area contributed by atoms with Crippen molar-refractivity contribution < 1.29 is 17.7 Å². The van der Waals surface area contributed by atoms with E-state index >= 15 is 0 Å². The fourth-order valence-electron chi connectivity index (χ4n) is 7.52. The molecule has 10 heteroatoms. The monoisotopic (exact) mass is 611 g/mol. The number of carbonyl (C=O) groups is 1. The van der Waals surface area contributed by atoms with Gasteiger partial charge in [-0.15, -0.1) is 0 Å². The van der Waals surface area contributed by atoms with E-state index in [4.69, 9.17) is 20.4 Å². The van der Waals surface area contributed by atoms with Gasteiger partial charge in [-0.3, -0.25) is 4.79 Å². The normalized spacial score (nSPS) is 25.1. The minimum atomic E-state index is -1.21. The van der Waals surface area contributed by atoms with Crippen LogP contribution >= 0.6 is 0 Å². The molecule has 1 amide bonds. The lowest BCUT2D eigenvalue weighted by Gasteiger charge is -2.25. The number of fused-ring (bicyclic) bond motifs is 9. The SMILES string of the molecule is CN1C(=O)c2cccc(C3CC3)c2[C@H]2C[C@H]1c1nc3ccc(/C(C=NC4=[N+](S(=O)C(C)(C)C)C45CCOCC5)=C/N)cc3n12. The topological polar surface area (TPSA) is 106 Å². The van der Waals surface area contributed by atoms with E-state index in [1.54, 1.807) is 6.20 Å². The Balaban J connectivity index is 1.19. The molecule has 1 spiro atoms. The maximum atomic E-state index is 13.6. The molecule has 2 aromatic carbocycles. The minimum absolute atomic E-state index is 0.0475. The van der Waals surface area contributed by atoms with Crippen molar-refractivity contribution in [3.8, 4) is 0 Å². The second-order valence-electron chi connectivity index (χ2n) is 13.8. The highest BCUT2D eigenvalue weighted by Gasteiger charge is 2.68. The summed E-state index contributed by atoms with van der Waals surface area (Å²) in [5.41, 5.74) is 12.9. The van der Waals surface area contributed by atoms with Crippen LogP contribution in [0.3, 0.4) is 0 Å². The maximum Gasteiger partial charge on any atom is 0.357 e. The number of amidine groups is 1. The van der Waals surface area contributed by atoms with E-state index in [-0.39, 0.29) is 23.5 Å². The molecule has 1 aromatic heterocycles. The van der Waals surface area contributed by atoms with Crippen LogP contribution in [0, 0.1) is 0 Å². The molecule has 228 valence electrons. The number of allylic oxidation sites excluding steroid dienone is 1. The molecule has 44 heavy (non-hydrogen) atoms. The molecule has 1 unspecified atom stereocenters. The molecule has 3 atom stereocenters. The zero-order valence-corrected chi connectivity index (χ0v) is 26.6. The Bertz CT molecular complexity index is 1850. The smallest absolute Gasteiger partial charge is 0.357 e. The summed E-state index contributed by atoms with van der Waals surface area (Å²) >= 11 is 0. The Morgan fingerprint density at radius 1 is 1.18 bits per heavy atom. The van der Waals surface area contributed by atoms with Gasteiger partial charge in [0.15, 0.2) is 0 Å². The number of aliphatic imine (C=N–C) groups is 1. The summed E-state index contributed by atoms with van der Waals surface area (Å²) < 4.78 is 23.1. The average molecular weight is 612 g/mol. The van der Waals surface area contributed by atoms with E-state index in [1.165, 1.54) is 24.0 Å². The van der Waals surface area contributed by atoms with Crippen molar-refractivity contribution in [2.45, 2.75) is 81.2 Å². The molecule has 1 saturated heterocycles. The molecule has 2 bridgehead atoms. The average Bonchev–Trinajstić information content (AvgIpc) is 3.89. The first-order chi connectivity index (χ1) is 21.1. The van der Waals surface area contributed by atoms with E-state index in [2.05, 4.69) is 16.7 Å². The Morgan fingerprint density at radius 3 is 2.66 bits per heavy atom. The van der Waals surface area contributed by atoms with Gasteiger partial charge in [-0.25, -0.2) is 9.19 Å². The molecule has 8 rings (SSSR count). The van der Waals surface area contributed by atoms with Crippen LogP contribution < -0.4 is 5.73 Å². The molecule has 1 saturated carbocycles. The van der Waals surface area contributed by atoms with Gasteiger partial charge in [0.25, 0.3) is 5.91 Å². The third-order valence-electron chi connectivity index (χ3n) is 10.1. The van der Waals surface area contributed by atoms with Crippen LogP contribution in [-0.2, 0) is 15.7 Å². The lowest BCUT2D eigenvalue weighted by Crippen LogP contribution is -2.37. The number of aromatic nitrogens is 2. The highest BCUT2D eigenvalue weighted by Crippen LogP contribution is 2.52. The standard InChI is InChI=1S/C34H38N6O3S/c1-33(2,3)44(42)40-32(34(40)12-14-43-15-13-34)36-19-22(18-35)21-10-11-25-26(16-21)39-27-17-28(30(39)37-25)38(4)31(41)24-7-5-6-23(29(24)27)20-8-9-20/h5-7,10-11,16,18-20,27-28,35H,8-9,12-15,17H2,1-4H3/p+1/t27-,28+,40?,44?/m1/s1. The number of benzene rings is 2. The van der Waals surface area contributed by atoms with Gasteiger partial charge in [-0.2, -0.15) is 3.98 Å². The maximum absolute atomic E-state index is 13.6. The van der Waals surface area contributed by atoms with Crippen LogP contribution in [0.4, 0.5) is 0 Å². The van der Waals surface area contributed by atoms with Crippen LogP contribution in [0.1, 0.15) is 104 Å². The summed E-state index contributed by atoms with van der Waals surface area (Å²) in [6.45, 7) is 7.26. The molecule has 2 fully saturated rings. The molecule has 5 heterocycles.